The van der Waals surface area contributed by atoms with E-state index < -0.39 is 0 Å². The molecule has 0 radical (unpaired) electrons. The van der Waals surface area contributed by atoms with Crippen LogP contribution in [-0.2, 0) is 0 Å². The van der Waals surface area contributed by atoms with E-state index in [1.807, 2.05) is 12.2 Å². The van der Waals surface area contributed by atoms with Gasteiger partial charge in [-0.05, 0) is 101 Å². The van der Waals surface area contributed by atoms with Crippen molar-refractivity contribution in [2.24, 2.45) is 0 Å². The van der Waals surface area contributed by atoms with Gasteiger partial charge in [0.1, 0.15) is 0 Å². The lowest BCUT2D eigenvalue weighted by Gasteiger charge is -2.11. The van der Waals surface area contributed by atoms with Crippen LogP contribution >= 0.6 is 0 Å². The number of para-hydroxylation sites is 2. The maximum absolute atomic E-state index is 3.84. The molecule has 0 unspecified atom stereocenters. The third-order valence-electron chi connectivity index (χ3n) is 9.84. The lowest BCUT2D eigenvalue weighted by molar-refractivity contribution is 1.17. The molecule has 2 heteroatoms. The number of nitrogens with zero attached hydrogens (tertiary/aromatic N) is 2. The summed E-state index contributed by atoms with van der Waals surface area (Å²) < 4.78 is 4.84. The van der Waals surface area contributed by atoms with Crippen molar-refractivity contribution in [3.05, 3.63) is 188 Å². The van der Waals surface area contributed by atoms with Crippen LogP contribution in [0.3, 0.4) is 0 Å². The van der Waals surface area contributed by atoms with Crippen LogP contribution in [0.15, 0.2) is 176 Å². The van der Waals surface area contributed by atoms with Gasteiger partial charge in [0.05, 0.1) is 22.1 Å². The number of fused-ring (bicyclic) bond motifs is 7. The van der Waals surface area contributed by atoms with E-state index in [0.717, 1.165) is 11.4 Å². The van der Waals surface area contributed by atoms with Gasteiger partial charge in [0.25, 0.3) is 0 Å². The van der Waals surface area contributed by atoms with E-state index in [0.29, 0.717) is 0 Å². The molecule has 0 aliphatic rings. The van der Waals surface area contributed by atoms with Gasteiger partial charge in [-0.25, -0.2) is 0 Å². The fourth-order valence-corrected chi connectivity index (χ4v) is 7.49. The minimum absolute atomic E-state index is 1.14. The Kier molecular flexibility index (Phi) is 6.88. The molecule has 0 atom stereocenters. The zero-order chi connectivity index (χ0) is 32.9. The predicted molar refractivity (Wildman–Crippen MR) is 210 cm³/mol. The van der Waals surface area contributed by atoms with Crippen molar-refractivity contribution in [2.45, 2.75) is 6.92 Å². The van der Waals surface area contributed by atoms with Crippen LogP contribution in [0, 0.1) is 6.92 Å². The average Bonchev–Trinajstić information content (AvgIpc) is 3.68. The number of hydrogen-bond acceptors (Lipinski definition) is 0. The lowest BCUT2D eigenvalue weighted by Crippen LogP contribution is -1.95. The molecule has 7 aromatic carbocycles. The molecule has 9 rings (SSSR count). The van der Waals surface area contributed by atoms with E-state index >= 15 is 0 Å². The molecule has 2 heterocycles. The Morgan fingerprint density at radius 1 is 0.449 bits per heavy atom. The van der Waals surface area contributed by atoms with Gasteiger partial charge in [-0.3, -0.25) is 0 Å². The van der Waals surface area contributed by atoms with Gasteiger partial charge < -0.3 is 9.13 Å². The van der Waals surface area contributed by atoms with Crippen molar-refractivity contribution in [3.8, 4) is 33.6 Å². The van der Waals surface area contributed by atoms with E-state index in [4.69, 9.17) is 0 Å². The summed E-state index contributed by atoms with van der Waals surface area (Å²) in [6.45, 7) is 5.99. The summed E-state index contributed by atoms with van der Waals surface area (Å²) in [5, 5.41) is 5.06. The summed E-state index contributed by atoms with van der Waals surface area (Å²) in [5.74, 6) is 0. The summed E-state index contributed by atoms with van der Waals surface area (Å²) >= 11 is 0. The van der Waals surface area contributed by atoms with Crippen molar-refractivity contribution >= 4 is 49.7 Å². The maximum atomic E-state index is 3.84. The monoisotopic (exact) mass is 626 g/mol. The summed E-state index contributed by atoms with van der Waals surface area (Å²) in [6.07, 6.45) is 5.94. The van der Waals surface area contributed by atoms with Gasteiger partial charge in [-0.2, -0.15) is 0 Å². The number of rotatable bonds is 6. The van der Waals surface area contributed by atoms with Gasteiger partial charge in [-0.15, -0.1) is 0 Å². The highest BCUT2D eigenvalue weighted by Crippen LogP contribution is 2.43. The summed E-state index contributed by atoms with van der Waals surface area (Å²) in [4.78, 5) is 0. The molecule has 0 bridgehead atoms. The number of aromatic nitrogens is 2. The first-order valence-electron chi connectivity index (χ1n) is 16.8. The van der Waals surface area contributed by atoms with E-state index in [1.165, 1.54) is 77.0 Å². The molecule has 0 saturated heterocycles. The topological polar surface area (TPSA) is 9.86 Å². The highest BCUT2D eigenvalue weighted by molar-refractivity contribution is 6.29. The van der Waals surface area contributed by atoms with Crippen molar-refractivity contribution in [3.63, 3.8) is 0 Å². The normalized spacial score (nSPS) is 11.8. The van der Waals surface area contributed by atoms with Crippen LogP contribution in [0.4, 0.5) is 0 Å². The number of benzene rings is 7. The minimum Gasteiger partial charge on any atom is -0.309 e. The Bertz CT molecular complexity index is 2700. The third kappa shape index (κ3) is 4.72. The van der Waals surface area contributed by atoms with Crippen molar-refractivity contribution in [2.75, 3.05) is 0 Å². The fourth-order valence-electron chi connectivity index (χ4n) is 7.49. The second kappa shape index (κ2) is 11.7. The molecule has 0 fully saturated rings. The van der Waals surface area contributed by atoms with Gasteiger partial charge in [0, 0.05) is 32.9 Å². The molecule has 2 aromatic heterocycles. The van der Waals surface area contributed by atoms with Crippen molar-refractivity contribution < 1.29 is 0 Å². The molecule has 2 nitrogen and oxygen atoms in total. The lowest BCUT2D eigenvalue weighted by atomic mass is 9.99. The van der Waals surface area contributed by atoms with Crippen LogP contribution < -0.4 is 0 Å². The largest absolute Gasteiger partial charge is 0.309 e. The third-order valence-corrected chi connectivity index (χ3v) is 9.84. The highest BCUT2D eigenvalue weighted by atomic mass is 15.0. The van der Waals surface area contributed by atoms with Crippen LogP contribution in [-0.4, -0.2) is 9.13 Å². The van der Waals surface area contributed by atoms with Crippen LogP contribution in [0.2, 0.25) is 0 Å². The van der Waals surface area contributed by atoms with E-state index in [1.54, 1.807) is 0 Å². The maximum Gasteiger partial charge on any atom is 0.0548 e. The first-order chi connectivity index (χ1) is 24.2. The molecule has 0 amide bonds. The summed E-state index contributed by atoms with van der Waals surface area (Å²) in [7, 11) is 0. The molecule has 0 aliphatic heterocycles. The van der Waals surface area contributed by atoms with Gasteiger partial charge in [-0.1, -0.05) is 122 Å². The first kappa shape index (κ1) is 28.8. The Balaban J connectivity index is 1.31. The SMILES string of the molecule is C=C/C=C\c1cc(-c2ccc(-n3c4ccc(-c5ccccc5)cc4c4c5c6ccccc6n(-c6ccccc6)c5ccc43)cc2)ccc1C. The number of aryl methyl sites for hydroxylation is 1. The standard InChI is InChI=1S/C47H34N2/c1-3-4-13-35-30-36(21-20-32(35)2)34-22-25-39(26-23-34)49-43-27-24-37(33-14-7-5-8-15-33)31-41(43)47-45(49)29-28-44-46(47)40-18-11-12-19-42(40)48(44)38-16-9-6-10-17-38/h3-31H,1H2,2H3/b13-4-. The van der Waals surface area contributed by atoms with Crippen LogP contribution in [0.5, 0.6) is 0 Å². The van der Waals surface area contributed by atoms with Gasteiger partial charge in [0.15, 0.2) is 0 Å². The molecular formula is C47H34N2. The molecule has 49 heavy (non-hydrogen) atoms. The summed E-state index contributed by atoms with van der Waals surface area (Å²) in [6, 6.07) is 57.4. The van der Waals surface area contributed by atoms with Gasteiger partial charge in [0.2, 0.25) is 0 Å². The highest BCUT2D eigenvalue weighted by Gasteiger charge is 2.21. The fraction of sp³-hybridized carbons (Fsp3) is 0.0213. The predicted octanol–water partition coefficient (Wildman–Crippen LogP) is 12.7. The second-order valence-corrected chi connectivity index (χ2v) is 12.7. The molecule has 232 valence electrons. The van der Waals surface area contributed by atoms with E-state index in [9.17, 15) is 0 Å². The van der Waals surface area contributed by atoms with E-state index in [-0.39, 0.29) is 0 Å². The molecular weight excluding hydrogens is 593 g/mol. The Morgan fingerprint density at radius 3 is 1.71 bits per heavy atom. The molecule has 0 N–H and O–H groups in total. The Labute approximate surface area is 286 Å². The first-order valence-corrected chi connectivity index (χ1v) is 16.8. The smallest absolute Gasteiger partial charge is 0.0548 e. The molecule has 9 aromatic rings. The Morgan fingerprint density at radius 2 is 0.980 bits per heavy atom. The Hall–Kier alpha value is -6.38. The molecule has 0 spiro atoms. The zero-order valence-electron chi connectivity index (χ0n) is 27.3. The number of hydrogen-bond donors (Lipinski definition) is 0. The van der Waals surface area contributed by atoms with Crippen molar-refractivity contribution in [1.82, 2.24) is 9.13 Å². The van der Waals surface area contributed by atoms with Crippen LogP contribution in [0.1, 0.15) is 11.1 Å². The minimum atomic E-state index is 1.14. The summed E-state index contributed by atoms with van der Waals surface area (Å²) in [5.41, 5.74) is 14.4. The number of allylic oxidation sites excluding steroid dienone is 2. The molecule has 0 aliphatic carbocycles. The quantitative estimate of drug-likeness (QED) is 0.163. The zero-order valence-corrected chi connectivity index (χ0v) is 27.3. The van der Waals surface area contributed by atoms with E-state index in [2.05, 4.69) is 186 Å². The van der Waals surface area contributed by atoms with Gasteiger partial charge >= 0.3 is 0 Å². The second-order valence-electron chi connectivity index (χ2n) is 12.7. The average molecular weight is 627 g/mol. The van der Waals surface area contributed by atoms with Crippen LogP contribution in [0.25, 0.3) is 83.3 Å². The molecule has 0 saturated carbocycles. The van der Waals surface area contributed by atoms with Crippen molar-refractivity contribution in [1.29, 1.82) is 0 Å².